The molecule has 2 aliphatic rings. The van der Waals surface area contributed by atoms with E-state index in [0.717, 1.165) is 23.5 Å². The van der Waals surface area contributed by atoms with Gasteiger partial charge >= 0.3 is 0 Å². The second-order valence-corrected chi connectivity index (χ2v) is 6.68. The number of rotatable bonds is 2. The summed E-state index contributed by atoms with van der Waals surface area (Å²) in [4.78, 5) is 15.3. The topological polar surface area (TPSA) is 38.1 Å². The third-order valence-electron chi connectivity index (χ3n) is 4.04. The summed E-state index contributed by atoms with van der Waals surface area (Å²) in [5.41, 5.74) is 3.57. The van der Waals surface area contributed by atoms with Gasteiger partial charge in [-0.3, -0.25) is 9.48 Å². The van der Waals surface area contributed by atoms with Gasteiger partial charge in [-0.05, 0) is 42.8 Å². The molecular weight excluding hydrogens is 270 g/mol. The highest BCUT2D eigenvalue weighted by atomic mass is 32.1. The molecule has 20 heavy (non-hydrogen) atoms. The molecule has 1 aliphatic heterocycles. The SMILES string of the molecule is Cc1csc(C(=O)N2CCn3nc(C4CC4)cc3C2)c1. The first kappa shape index (κ1) is 12.1. The van der Waals surface area contributed by atoms with E-state index in [9.17, 15) is 4.79 Å². The van der Waals surface area contributed by atoms with Crippen LogP contribution in [0.15, 0.2) is 17.5 Å². The van der Waals surface area contributed by atoms with E-state index in [0.29, 0.717) is 12.5 Å². The van der Waals surface area contributed by atoms with Gasteiger partial charge in [-0.1, -0.05) is 0 Å². The lowest BCUT2D eigenvalue weighted by Gasteiger charge is -2.27. The molecule has 0 atom stereocenters. The molecule has 0 saturated heterocycles. The second-order valence-electron chi connectivity index (χ2n) is 5.77. The molecule has 2 aromatic heterocycles. The Hall–Kier alpha value is -1.62. The molecule has 4 nitrogen and oxygen atoms in total. The van der Waals surface area contributed by atoms with Crippen LogP contribution in [0.4, 0.5) is 0 Å². The summed E-state index contributed by atoms with van der Waals surface area (Å²) in [5.74, 6) is 0.834. The summed E-state index contributed by atoms with van der Waals surface area (Å²) >= 11 is 1.54. The average molecular weight is 287 g/mol. The standard InChI is InChI=1S/C15H17N3OS/c1-10-6-14(20-9-10)15(19)17-4-5-18-12(8-17)7-13(16-18)11-2-3-11/h6-7,9,11H,2-5,8H2,1H3. The predicted molar refractivity (Wildman–Crippen MR) is 78.0 cm³/mol. The molecule has 1 saturated carbocycles. The number of carbonyl (C=O) groups excluding carboxylic acids is 1. The van der Waals surface area contributed by atoms with Gasteiger partial charge < -0.3 is 4.90 Å². The van der Waals surface area contributed by atoms with Crippen molar-refractivity contribution >= 4 is 17.2 Å². The van der Waals surface area contributed by atoms with E-state index >= 15 is 0 Å². The normalized spacial score (nSPS) is 18.1. The van der Waals surface area contributed by atoms with Crippen molar-refractivity contribution in [3.8, 4) is 0 Å². The molecule has 0 radical (unpaired) electrons. The quantitative estimate of drug-likeness (QED) is 0.852. The largest absolute Gasteiger partial charge is 0.330 e. The number of amides is 1. The third kappa shape index (κ3) is 2.06. The Morgan fingerprint density at radius 2 is 2.20 bits per heavy atom. The van der Waals surface area contributed by atoms with E-state index in [1.165, 1.54) is 35.6 Å². The number of hydrogen-bond acceptors (Lipinski definition) is 3. The highest BCUT2D eigenvalue weighted by Gasteiger charge is 2.30. The zero-order chi connectivity index (χ0) is 13.7. The third-order valence-corrected chi connectivity index (χ3v) is 5.08. The number of fused-ring (bicyclic) bond motifs is 1. The summed E-state index contributed by atoms with van der Waals surface area (Å²) < 4.78 is 2.08. The fourth-order valence-electron chi connectivity index (χ4n) is 2.74. The summed E-state index contributed by atoms with van der Waals surface area (Å²) in [6.45, 7) is 4.29. The second kappa shape index (κ2) is 4.45. The van der Waals surface area contributed by atoms with Gasteiger partial charge in [0.15, 0.2) is 0 Å². The van der Waals surface area contributed by atoms with Gasteiger partial charge in [0, 0.05) is 12.5 Å². The molecule has 3 heterocycles. The summed E-state index contributed by atoms with van der Waals surface area (Å²) in [6, 6.07) is 4.17. The first-order chi connectivity index (χ1) is 9.70. The molecule has 1 amide bonds. The highest BCUT2D eigenvalue weighted by molar-refractivity contribution is 7.12. The summed E-state index contributed by atoms with van der Waals surface area (Å²) in [7, 11) is 0. The molecule has 0 spiro atoms. The molecule has 5 heteroatoms. The van der Waals surface area contributed by atoms with Gasteiger partial charge in [0.1, 0.15) is 0 Å². The Kier molecular flexibility index (Phi) is 2.70. The van der Waals surface area contributed by atoms with Gasteiger partial charge in [-0.15, -0.1) is 11.3 Å². The van der Waals surface area contributed by atoms with Crippen molar-refractivity contribution in [2.45, 2.75) is 38.8 Å². The number of carbonyl (C=O) groups is 1. The Labute approximate surface area is 122 Å². The number of aromatic nitrogens is 2. The van der Waals surface area contributed by atoms with Crippen LogP contribution in [0.3, 0.4) is 0 Å². The lowest BCUT2D eigenvalue weighted by molar-refractivity contribution is 0.0711. The molecule has 4 rings (SSSR count). The van der Waals surface area contributed by atoms with Crippen molar-refractivity contribution in [3.63, 3.8) is 0 Å². The first-order valence-corrected chi connectivity index (χ1v) is 8.00. The molecule has 0 unspecified atom stereocenters. The van der Waals surface area contributed by atoms with Crippen LogP contribution in [0.1, 0.15) is 45.4 Å². The summed E-state index contributed by atoms with van der Waals surface area (Å²) in [5, 5.41) is 6.70. The monoisotopic (exact) mass is 287 g/mol. The van der Waals surface area contributed by atoms with Gasteiger partial charge in [0.05, 0.1) is 29.4 Å². The minimum atomic E-state index is 0.156. The maximum atomic E-state index is 12.5. The first-order valence-electron chi connectivity index (χ1n) is 7.12. The van der Waals surface area contributed by atoms with Crippen LogP contribution >= 0.6 is 11.3 Å². The number of hydrogen-bond donors (Lipinski definition) is 0. The Morgan fingerprint density at radius 3 is 2.90 bits per heavy atom. The van der Waals surface area contributed by atoms with Gasteiger partial charge in [-0.2, -0.15) is 5.10 Å². The smallest absolute Gasteiger partial charge is 0.264 e. The van der Waals surface area contributed by atoms with E-state index < -0.39 is 0 Å². The molecule has 1 fully saturated rings. The van der Waals surface area contributed by atoms with E-state index in [1.807, 2.05) is 23.3 Å². The van der Waals surface area contributed by atoms with Crippen molar-refractivity contribution < 1.29 is 4.79 Å². The van der Waals surface area contributed by atoms with Gasteiger partial charge in [0.2, 0.25) is 0 Å². The van der Waals surface area contributed by atoms with Crippen molar-refractivity contribution in [1.82, 2.24) is 14.7 Å². The van der Waals surface area contributed by atoms with E-state index in [2.05, 4.69) is 15.8 Å². The lowest BCUT2D eigenvalue weighted by Crippen LogP contribution is -2.38. The van der Waals surface area contributed by atoms with Crippen molar-refractivity contribution in [2.24, 2.45) is 0 Å². The molecule has 0 aromatic carbocycles. The molecule has 104 valence electrons. The number of aryl methyl sites for hydroxylation is 1. The summed E-state index contributed by atoms with van der Waals surface area (Å²) in [6.07, 6.45) is 2.54. The minimum absolute atomic E-state index is 0.156. The molecule has 0 N–H and O–H groups in total. The predicted octanol–water partition coefficient (Wildman–Crippen LogP) is 2.79. The van der Waals surface area contributed by atoms with Gasteiger partial charge in [0.25, 0.3) is 5.91 Å². The molecular formula is C15H17N3OS. The molecule has 2 aromatic rings. The van der Waals surface area contributed by atoms with Crippen LogP contribution in [0.2, 0.25) is 0 Å². The molecule has 0 bridgehead atoms. The van der Waals surface area contributed by atoms with Crippen LogP contribution in [0.5, 0.6) is 0 Å². The average Bonchev–Trinajstić information content (AvgIpc) is 3.07. The minimum Gasteiger partial charge on any atom is -0.330 e. The maximum Gasteiger partial charge on any atom is 0.264 e. The Balaban J connectivity index is 1.55. The number of thiophene rings is 1. The fraction of sp³-hybridized carbons (Fsp3) is 0.467. The van der Waals surface area contributed by atoms with Crippen LogP contribution in [0, 0.1) is 6.92 Å². The van der Waals surface area contributed by atoms with Crippen LogP contribution in [-0.4, -0.2) is 27.1 Å². The van der Waals surface area contributed by atoms with Crippen molar-refractivity contribution in [3.05, 3.63) is 39.3 Å². The van der Waals surface area contributed by atoms with Crippen LogP contribution < -0.4 is 0 Å². The highest BCUT2D eigenvalue weighted by Crippen LogP contribution is 2.39. The van der Waals surface area contributed by atoms with Crippen LogP contribution in [-0.2, 0) is 13.1 Å². The number of nitrogens with zero attached hydrogens (tertiary/aromatic N) is 3. The lowest BCUT2D eigenvalue weighted by atomic mass is 10.2. The molecule has 1 aliphatic carbocycles. The van der Waals surface area contributed by atoms with E-state index in [4.69, 9.17) is 0 Å². The fourth-order valence-corrected chi connectivity index (χ4v) is 3.60. The van der Waals surface area contributed by atoms with Crippen molar-refractivity contribution in [1.29, 1.82) is 0 Å². The zero-order valence-electron chi connectivity index (χ0n) is 11.5. The van der Waals surface area contributed by atoms with E-state index in [-0.39, 0.29) is 5.91 Å². The Morgan fingerprint density at radius 1 is 1.35 bits per heavy atom. The zero-order valence-corrected chi connectivity index (χ0v) is 12.3. The van der Waals surface area contributed by atoms with Crippen molar-refractivity contribution in [2.75, 3.05) is 6.54 Å². The van der Waals surface area contributed by atoms with Gasteiger partial charge in [-0.25, -0.2) is 0 Å². The maximum absolute atomic E-state index is 12.5. The van der Waals surface area contributed by atoms with Crippen LogP contribution in [0.25, 0.3) is 0 Å². The van der Waals surface area contributed by atoms with E-state index in [1.54, 1.807) is 0 Å². The Bertz CT molecular complexity index is 668.